The van der Waals surface area contributed by atoms with Gasteiger partial charge >= 0.3 is 59.7 Å². The summed E-state index contributed by atoms with van der Waals surface area (Å²) < 4.78 is 0.759. The number of nitrogens with zero attached hydrogens (tertiary/aromatic N) is 1. The molecule has 0 fully saturated rings. The molecule has 8 heteroatoms. The molecule has 0 saturated heterocycles. The van der Waals surface area contributed by atoms with Crippen molar-refractivity contribution in [3.63, 3.8) is 0 Å². The molecule has 6 nitrogen and oxygen atoms in total. The third kappa shape index (κ3) is 6.83. The van der Waals surface area contributed by atoms with E-state index in [1.807, 2.05) is 6.92 Å². The molecule has 13 heavy (non-hydrogen) atoms. The summed E-state index contributed by atoms with van der Waals surface area (Å²) in [5.74, 6) is 0. The molecule has 1 rings (SSSR count). The van der Waals surface area contributed by atoms with E-state index in [2.05, 4.69) is 31.5 Å². The van der Waals surface area contributed by atoms with E-state index in [1.54, 1.807) is 0 Å². The fourth-order valence-electron chi connectivity index (χ4n) is 0.442. The number of rotatable bonds is 0. The molecule has 1 heterocycles. The molecule has 0 atom stereocenters. The van der Waals surface area contributed by atoms with Crippen LogP contribution in [0.15, 0.2) is 11.0 Å². The Morgan fingerprint density at radius 1 is 1.69 bits per heavy atom. The van der Waals surface area contributed by atoms with Gasteiger partial charge in [0.05, 0.1) is 0 Å². The summed E-state index contributed by atoms with van der Waals surface area (Å²) in [5.41, 5.74) is 4.93. The van der Waals surface area contributed by atoms with Crippen molar-refractivity contribution in [2.75, 3.05) is 0 Å². The van der Waals surface area contributed by atoms with E-state index < -0.39 is 8.53 Å². The number of nitrogens with one attached hydrogen (secondary N) is 1. The van der Waals surface area contributed by atoms with E-state index in [9.17, 15) is 4.79 Å². The number of aryl methyl sites for hydroxylation is 1. The molecule has 1 aromatic rings. The molecule has 5 N–H and O–H groups in total. The molecule has 1 radical (unpaired) electrons. The number of nitrogens with two attached hydrogens (primary N) is 1. The second-order valence-electron chi connectivity index (χ2n) is 2.02. The van der Waals surface area contributed by atoms with Gasteiger partial charge in [0.25, 0.3) is 0 Å². The maximum absolute atomic E-state index is 10.5. The van der Waals surface area contributed by atoms with Crippen LogP contribution in [-0.2, 0) is 0 Å². The third-order valence-corrected chi connectivity index (χ3v) is 1.84. The van der Waals surface area contributed by atoms with Crippen LogP contribution in [0.5, 0.6) is 0 Å². The first-order chi connectivity index (χ1) is 5.93. The van der Waals surface area contributed by atoms with Gasteiger partial charge in [0.15, 0.2) is 0 Å². The monoisotopic (exact) mass is 270 g/mol. The first kappa shape index (κ1) is 12.7. The van der Waals surface area contributed by atoms with Crippen molar-refractivity contribution >= 4 is 29.1 Å². The summed E-state index contributed by atoms with van der Waals surface area (Å²) in [4.78, 5) is 31.4. The minimum absolute atomic E-state index is 0.311. The van der Waals surface area contributed by atoms with Gasteiger partial charge in [-0.1, -0.05) is 0 Å². The molecule has 0 amide bonds. The van der Waals surface area contributed by atoms with Gasteiger partial charge in [-0.3, -0.25) is 5.50 Å². The predicted octanol–water partition coefficient (Wildman–Crippen LogP) is -1.97. The minimum atomic E-state index is -2.12. The van der Waals surface area contributed by atoms with Crippen LogP contribution in [0.2, 0.25) is 0 Å². The molecule has 0 aliphatic heterocycles. The van der Waals surface area contributed by atoms with Gasteiger partial charge in [-0.2, -0.15) is 0 Å². The molecule has 0 aromatic carbocycles. The van der Waals surface area contributed by atoms with Crippen molar-refractivity contribution in [2.45, 2.75) is 6.92 Å². The largest absolute Gasteiger partial charge is 0.338 e. The zero-order chi connectivity index (χ0) is 10.4. The second-order valence-corrected chi connectivity index (χ2v) is 3.52. The van der Waals surface area contributed by atoms with Crippen LogP contribution in [-0.4, -0.2) is 35.8 Å². The van der Waals surface area contributed by atoms with Crippen molar-refractivity contribution in [3.8, 4) is 0 Å². The van der Waals surface area contributed by atoms with Gasteiger partial charge in [0, 0.05) is 0 Å². The van der Waals surface area contributed by atoms with Gasteiger partial charge in [-0.05, 0) is 0 Å². The Kier molecular flexibility index (Phi) is 6.07. The zero-order valence-corrected chi connectivity index (χ0v) is 9.37. The molecular formula is C5H9N3O3PSe. The average molecular weight is 269 g/mol. The zero-order valence-electron chi connectivity index (χ0n) is 6.76. The standard InChI is InChI=1S/C5H5N2OSe.H4NO2P/c1-3-2-6-5(8)7-4(3)9;1-4(2)3/h2H,1H3,(H,6,7,8);2-3H,1H2. The quantitative estimate of drug-likeness (QED) is 0.322. The molecule has 0 saturated carbocycles. The summed E-state index contributed by atoms with van der Waals surface area (Å²) in [6.45, 7) is 1.87. The number of hydrogen-bond acceptors (Lipinski definition) is 5. The first-order valence-electron chi connectivity index (χ1n) is 3.09. The Morgan fingerprint density at radius 3 is 2.46 bits per heavy atom. The Hall–Kier alpha value is -0.291. The summed E-state index contributed by atoms with van der Waals surface area (Å²) >= 11 is 2.72. The normalized spacial score (nSPS) is 9.31. The fraction of sp³-hybridized carbons (Fsp3) is 0.200. The smallest absolute Gasteiger partial charge is 0.247 e. The molecule has 0 unspecified atom stereocenters. The number of aromatic nitrogens is 2. The van der Waals surface area contributed by atoms with Crippen molar-refractivity contribution in [3.05, 3.63) is 22.2 Å². The molecule has 73 valence electrons. The molecule has 1 aromatic heterocycles. The van der Waals surface area contributed by atoms with E-state index in [0.717, 1.165) is 10.2 Å². The van der Waals surface area contributed by atoms with Crippen LogP contribution in [0, 0.1) is 6.92 Å². The number of hydrogen-bond donors (Lipinski definition) is 4. The van der Waals surface area contributed by atoms with Crippen LogP contribution in [0.3, 0.4) is 0 Å². The second kappa shape index (κ2) is 6.21. The maximum atomic E-state index is 10.5. The fourth-order valence-corrected chi connectivity index (χ4v) is 0.736. The topological polar surface area (TPSA) is 112 Å². The van der Waals surface area contributed by atoms with Crippen molar-refractivity contribution < 1.29 is 9.79 Å². The minimum Gasteiger partial charge on any atom is -0.338 e. The van der Waals surface area contributed by atoms with E-state index >= 15 is 0 Å². The van der Waals surface area contributed by atoms with Crippen LogP contribution < -0.4 is 15.8 Å². The third-order valence-electron chi connectivity index (χ3n) is 0.954. The van der Waals surface area contributed by atoms with Crippen LogP contribution in [0.25, 0.3) is 0 Å². The average Bonchev–Trinajstić information content (AvgIpc) is 1.96. The first-order valence-corrected chi connectivity index (χ1v) is 5.26. The maximum Gasteiger partial charge on any atom is 0.247 e. The van der Waals surface area contributed by atoms with Gasteiger partial charge in [-0.25, -0.2) is 0 Å². The summed E-state index contributed by atoms with van der Waals surface area (Å²) in [6, 6.07) is 0. The SMILES string of the molecule is Cc1cnc(=O)[nH]c1[Se].NP(O)O. The van der Waals surface area contributed by atoms with E-state index in [0.29, 0.717) is 0 Å². The van der Waals surface area contributed by atoms with Crippen LogP contribution >= 0.6 is 8.53 Å². The van der Waals surface area contributed by atoms with Crippen molar-refractivity contribution in [1.82, 2.24) is 9.97 Å². The molecule has 0 bridgehead atoms. The Morgan fingerprint density at radius 2 is 2.15 bits per heavy atom. The van der Waals surface area contributed by atoms with Crippen molar-refractivity contribution in [1.29, 1.82) is 0 Å². The van der Waals surface area contributed by atoms with Crippen LogP contribution in [0.4, 0.5) is 0 Å². The van der Waals surface area contributed by atoms with E-state index in [-0.39, 0.29) is 5.69 Å². The summed E-state index contributed by atoms with van der Waals surface area (Å²) in [5, 5.41) is 0. The Labute approximate surface area is 84.0 Å². The number of aromatic amines is 1. The summed E-state index contributed by atoms with van der Waals surface area (Å²) in [7, 11) is -2.12. The number of H-pyrrole nitrogens is 1. The molecule has 0 aliphatic rings. The van der Waals surface area contributed by atoms with Gasteiger partial charge in [0.2, 0.25) is 8.53 Å². The van der Waals surface area contributed by atoms with E-state index in [1.165, 1.54) is 6.20 Å². The Bertz CT molecular complexity index is 313. The Balaban J connectivity index is 0.000000310. The van der Waals surface area contributed by atoms with E-state index in [4.69, 9.17) is 9.79 Å². The van der Waals surface area contributed by atoms with Crippen LogP contribution in [0.1, 0.15) is 5.56 Å². The van der Waals surface area contributed by atoms with Gasteiger partial charge in [-0.15, -0.1) is 0 Å². The van der Waals surface area contributed by atoms with Gasteiger partial charge in [0.1, 0.15) is 0 Å². The summed E-state index contributed by atoms with van der Waals surface area (Å²) in [6.07, 6.45) is 1.53. The predicted molar refractivity (Wildman–Crippen MR) is 50.5 cm³/mol. The van der Waals surface area contributed by atoms with Crippen molar-refractivity contribution in [2.24, 2.45) is 5.50 Å². The molecule has 0 aliphatic carbocycles. The van der Waals surface area contributed by atoms with Gasteiger partial charge < -0.3 is 9.79 Å². The molecular weight excluding hydrogens is 260 g/mol. The molecule has 0 spiro atoms.